The Morgan fingerprint density at radius 2 is 1.56 bits per heavy atom. The third kappa shape index (κ3) is 5.93. The van der Waals surface area contributed by atoms with Crippen LogP contribution in [-0.4, -0.2) is 30.2 Å². The first-order chi connectivity index (χ1) is 13.0. The summed E-state index contributed by atoms with van der Waals surface area (Å²) in [6.07, 6.45) is 2.47. The summed E-state index contributed by atoms with van der Waals surface area (Å²) >= 11 is 0. The minimum Gasteiger partial charge on any atom is -0.497 e. The van der Waals surface area contributed by atoms with Gasteiger partial charge >= 0.3 is 0 Å². The van der Waals surface area contributed by atoms with Crippen LogP contribution in [0.15, 0.2) is 53.8 Å². The highest BCUT2D eigenvalue weighted by Gasteiger charge is 2.12. The molecule has 0 aliphatic carbocycles. The number of nitrogens with two attached hydrogens (primary N) is 1. The Morgan fingerprint density at radius 3 is 2.07 bits per heavy atom. The maximum Gasteiger partial charge on any atom is 0.269 e. The molecule has 0 saturated carbocycles. The predicted molar refractivity (Wildman–Crippen MR) is 104 cm³/mol. The third-order valence-corrected chi connectivity index (χ3v) is 4.13. The van der Waals surface area contributed by atoms with Gasteiger partial charge in [0.15, 0.2) is 0 Å². The number of anilines is 2. The molecule has 9 nitrogen and oxygen atoms in total. The molecule has 27 heavy (non-hydrogen) atoms. The van der Waals surface area contributed by atoms with Crippen LogP contribution >= 0.6 is 0 Å². The van der Waals surface area contributed by atoms with E-state index in [0.29, 0.717) is 13.1 Å². The lowest BCUT2D eigenvalue weighted by molar-refractivity contribution is -0.384. The molecule has 0 heterocycles. The first kappa shape index (κ1) is 20.1. The van der Waals surface area contributed by atoms with Gasteiger partial charge in [-0.2, -0.15) is 5.12 Å². The number of nitrogens with zero attached hydrogens (tertiary/aromatic N) is 4. The fourth-order valence-electron chi connectivity index (χ4n) is 2.69. The van der Waals surface area contributed by atoms with Gasteiger partial charge in [-0.25, -0.2) is 5.84 Å². The molecule has 2 aromatic rings. The summed E-state index contributed by atoms with van der Waals surface area (Å²) in [6.45, 7) is 1.12. The number of hydrogen-bond acceptors (Lipinski definition) is 7. The molecular formula is C18H23N5O4. The smallest absolute Gasteiger partial charge is 0.269 e. The summed E-state index contributed by atoms with van der Waals surface area (Å²) in [5.74, 6) is 6.10. The summed E-state index contributed by atoms with van der Waals surface area (Å²) in [5.41, 5.74) is 1.87. The van der Waals surface area contributed by atoms with Crippen molar-refractivity contribution in [1.29, 1.82) is 0 Å². The van der Waals surface area contributed by atoms with Crippen LogP contribution in [0.5, 0.6) is 5.75 Å². The number of ether oxygens (including phenoxy) is 1. The lowest BCUT2D eigenvalue weighted by Crippen LogP contribution is -2.25. The number of benzene rings is 2. The number of nitro benzene ring substituents is 1. The standard InChI is InChI=1S/C18H23N5O4/c1-27-18-11-9-16(10-12-18)21(13-3-2-4-14-22(19)20-24)15-5-7-17(8-6-15)23(25)26/h5-12H,2-4,13-14,19H2,1H3. The van der Waals surface area contributed by atoms with Gasteiger partial charge in [0.1, 0.15) is 5.75 Å². The highest BCUT2D eigenvalue weighted by atomic mass is 16.6. The minimum atomic E-state index is -0.416. The fourth-order valence-corrected chi connectivity index (χ4v) is 2.69. The Kier molecular flexibility index (Phi) is 7.50. The number of unbranched alkanes of at least 4 members (excludes halogenated alkanes) is 2. The zero-order chi connectivity index (χ0) is 19.6. The van der Waals surface area contributed by atoms with Crippen molar-refractivity contribution in [2.75, 3.05) is 25.1 Å². The number of non-ortho nitro benzene ring substituents is 1. The molecule has 0 spiro atoms. The summed E-state index contributed by atoms with van der Waals surface area (Å²) in [4.78, 5) is 22.8. The van der Waals surface area contributed by atoms with Gasteiger partial charge in [-0.05, 0) is 55.7 Å². The van der Waals surface area contributed by atoms with Crippen LogP contribution < -0.4 is 15.5 Å². The average Bonchev–Trinajstić information content (AvgIpc) is 2.70. The Bertz CT molecular complexity index is 736. The van der Waals surface area contributed by atoms with E-state index in [9.17, 15) is 15.0 Å². The van der Waals surface area contributed by atoms with Crippen molar-refractivity contribution in [2.45, 2.75) is 19.3 Å². The molecule has 2 rings (SSSR count). The van der Waals surface area contributed by atoms with E-state index in [2.05, 4.69) is 10.2 Å². The van der Waals surface area contributed by atoms with Crippen LogP contribution in [0.4, 0.5) is 17.1 Å². The second-order valence-electron chi connectivity index (χ2n) is 5.93. The van der Waals surface area contributed by atoms with Crippen molar-refractivity contribution < 1.29 is 9.66 Å². The number of rotatable bonds is 11. The quantitative estimate of drug-likeness (QED) is 0.210. The van der Waals surface area contributed by atoms with Crippen molar-refractivity contribution in [3.05, 3.63) is 63.6 Å². The summed E-state index contributed by atoms with van der Waals surface area (Å²) < 4.78 is 5.20. The van der Waals surface area contributed by atoms with Gasteiger partial charge in [-0.1, -0.05) is 0 Å². The molecular weight excluding hydrogens is 350 g/mol. The highest BCUT2D eigenvalue weighted by molar-refractivity contribution is 5.65. The van der Waals surface area contributed by atoms with E-state index >= 15 is 0 Å². The lowest BCUT2D eigenvalue weighted by atomic mass is 10.1. The Labute approximate surface area is 157 Å². The van der Waals surface area contributed by atoms with E-state index in [4.69, 9.17) is 10.6 Å². The van der Waals surface area contributed by atoms with Gasteiger partial charge in [0, 0.05) is 30.1 Å². The lowest BCUT2D eigenvalue weighted by Gasteiger charge is -2.25. The second-order valence-corrected chi connectivity index (χ2v) is 5.93. The van der Waals surface area contributed by atoms with Crippen molar-refractivity contribution in [2.24, 2.45) is 11.1 Å². The molecule has 0 amide bonds. The summed E-state index contributed by atoms with van der Waals surface area (Å²) in [5, 5.41) is 14.4. The van der Waals surface area contributed by atoms with Crippen LogP contribution in [-0.2, 0) is 0 Å². The molecule has 2 N–H and O–H groups in total. The van der Waals surface area contributed by atoms with Gasteiger partial charge in [0.05, 0.1) is 23.9 Å². The zero-order valence-electron chi connectivity index (χ0n) is 15.2. The SMILES string of the molecule is COc1ccc(N(CCCCCN(N)N=O)c2ccc([N+](=O)[O-])cc2)cc1. The van der Waals surface area contributed by atoms with Crippen molar-refractivity contribution >= 4 is 17.1 Å². The molecule has 0 atom stereocenters. The van der Waals surface area contributed by atoms with Crippen molar-refractivity contribution in [1.82, 2.24) is 5.12 Å². The third-order valence-electron chi connectivity index (χ3n) is 4.13. The summed E-state index contributed by atoms with van der Waals surface area (Å²) in [7, 11) is 1.61. The maximum absolute atomic E-state index is 10.9. The van der Waals surface area contributed by atoms with Gasteiger partial charge in [-0.3, -0.25) is 10.1 Å². The van der Waals surface area contributed by atoms with Gasteiger partial charge in [-0.15, -0.1) is 4.91 Å². The number of nitroso groups, excluding NO2 is 1. The minimum absolute atomic E-state index is 0.0535. The zero-order valence-corrected chi connectivity index (χ0v) is 15.2. The van der Waals surface area contributed by atoms with Gasteiger partial charge in [0.25, 0.3) is 5.69 Å². The molecule has 0 aliphatic heterocycles. The van der Waals surface area contributed by atoms with E-state index in [1.165, 1.54) is 12.1 Å². The van der Waals surface area contributed by atoms with Crippen LogP contribution in [0.25, 0.3) is 0 Å². The number of nitro groups is 1. The molecule has 0 saturated heterocycles. The number of methoxy groups -OCH3 is 1. The molecule has 0 bridgehead atoms. The Balaban J connectivity index is 2.10. The number of hydrazine groups is 1. The predicted octanol–water partition coefficient (Wildman–Crippen LogP) is 3.77. The molecule has 0 radical (unpaired) electrons. The summed E-state index contributed by atoms with van der Waals surface area (Å²) in [6, 6.07) is 14.1. The fraction of sp³-hybridized carbons (Fsp3) is 0.333. The molecule has 0 unspecified atom stereocenters. The van der Waals surface area contributed by atoms with E-state index in [1.807, 2.05) is 24.3 Å². The van der Waals surface area contributed by atoms with Crippen LogP contribution in [0, 0.1) is 15.0 Å². The van der Waals surface area contributed by atoms with E-state index in [-0.39, 0.29) is 5.69 Å². The average molecular weight is 373 g/mol. The van der Waals surface area contributed by atoms with Crippen LogP contribution in [0.1, 0.15) is 19.3 Å². The monoisotopic (exact) mass is 373 g/mol. The molecule has 0 aromatic heterocycles. The van der Waals surface area contributed by atoms with Gasteiger partial charge < -0.3 is 9.64 Å². The largest absolute Gasteiger partial charge is 0.497 e. The topological polar surface area (TPSA) is 114 Å². The Morgan fingerprint density at radius 1 is 1.00 bits per heavy atom. The highest BCUT2D eigenvalue weighted by Crippen LogP contribution is 2.29. The van der Waals surface area contributed by atoms with Gasteiger partial charge in [0.2, 0.25) is 0 Å². The normalized spacial score (nSPS) is 10.3. The maximum atomic E-state index is 10.9. The number of hydrogen-bond donors (Lipinski definition) is 1. The second kappa shape index (κ2) is 10.1. The molecule has 0 fully saturated rings. The van der Waals surface area contributed by atoms with Crippen molar-refractivity contribution in [3.63, 3.8) is 0 Å². The van der Waals surface area contributed by atoms with E-state index < -0.39 is 4.92 Å². The molecule has 0 aliphatic rings. The molecule has 144 valence electrons. The van der Waals surface area contributed by atoms with E-state index in [1.54, 1.807) is 19.2 Å². The van der Waals surface area contributed by atoms with Crippen molar-refractivity contribution in [3.8, 4) is 5.75 Å². The first-order valence-electron chi connectivity index (χ1n) is 8.56. The Hall–Kier alpha value is -3.20. The van der Waals surface area contributed by atoms with Crippen LogP contribution in [0.2, 0.25) is 0 Å². The van der Waals surface area contributed by atoms with E-state index in [0.717, 1.165) is 41.5 Å². The molecule has 2 aromatic carbocycles. The first-order valence-corrected chi connectivity index (χ1v) is 8.56. The van der Waals surface area contributed by atoms with Crippen LogP contribution in [0.3, 0.4) is 0 Å². The molecule has 9 heteroatoms.